The van der Waals surface area contributed by atoms with Crippen molar-refractivity contribution >= 4 is 33.4 Å². The third-order valence-corrected chi connectivity index (χ3v) is 4.41. The maximum Gasteiger partial charge on any atom is 0.0538 e. The summed E-state index contributed by atoms with van der Waals surface area (Å²) in [5, 5.41) is 3.43. The molecule has 0 aliphatic heterocycles. The van der Waals surface area contributed by atoms with Crippen LogP contribution in [0.15, 0.2) is 22.9 Å². The van der Waals surface area contributed by atoms with E-state index in [1.165, 1.54) is 12.8 Å². The van der Waals surface area contributed by atoms with Gasteiger partial charge in [0.15, 0.2) is 0 Å². The molecular weight excluding hydrogens is 260 g/mol. The van der Waals surface area contributed by atoms with Crippen molar-refractivity contribution in [3.05, 3.63) is 22.9 Å². The highest BCUT2D eigenvalue weighted by molar-refractivity contribution is 9.10. The van der Waals surface area contributed by atoms with E-state index in [9.17, 15) is 0 Å². The fourth-order valence-electron chi connectivity index (χ4n) is 1.36. The molecule has 0 amide bonds. The van der Waals surface area contributed by atoms with Gasteiger partial charge in [-0.15, -0.1) is 0 Å². The maximum atomic E-state index is 4.11. The molecule has 0 bridgehead atoms. The molecule has 4 heteroatoms. The second-order valence-corrected chi connectivity index (χ2v) is 5.82. The van der Waals surface area contributed by atoms with Crippen LogP contribution >= 0.6 is 27.7 Å². The molecule has 1 fully saturated rings. The highest BCUT2D eigenvalue weighted by atomic mass is 79.9. The molecule has 14 heavy (non-hydrogen) atoms. The van der Waals surface area contributed by atoms with Crippen LogP contribution in [0.3, 0.4) is 0 Å². The molecule has 2 nitrogen and oxygen atoms in total. The summed E-state index contributed by atoms with van der Waals surface area (Å²) in [6.07, 6.45) is 8.52. The van der Waals surface area contributed by atoms with Gasteiger partial charge in [0.25, 0.3) is 0 Å². The summed E-state index contributed by atoms with van der Waals surface area (Å²) in [5.74, 6) is 0. The van der Waals surface area contributed by atoms with E-state index in [4.69, 9.17) is 0 Å². The standard InChI is InChI=1S/C10H13BrN2S/c1-14-10(2-3-10)7-13-9-4-8(11)5-12-6-9/h4-6,13H,2-3,7H2,1H3. The van der Waals surface area contributed by atoms with Crippen LogP contribution in [-0.4, -0.2) is 22.5 Å². The molecule has 0 aromatic carbocycles. The largest absolute Gasteiger partial charge is 0.382 e. The summed E-state index contributed by atoms with van der Waals surface area (Å²) in [5.41, 5.74) is 1.10. The fraction of sp³-hybridized carbons (Fsp3) is 0.500. The minimum absolute atomic E-state index is 0.502. The molecule has 0 saturated heterocycles. The quantitative estimate of drug-likeness (QED) is 0.912. The van der Waals surface area contributed by atoms with Gasteiger partial charge in [0.2, 0.25) is 0 Å². The monoisotopic (exact) mass is 272 g/mol. The van der Waals surface area contributed by atoms with Gasteiger partial charge in [0.05, 0.1) is 11.9 Å². The molecular formula is C10H13BrN2S. The SMILES string of the molecule is CSC1(CNc2cncc(Br)c2)CC1. The van der Waals surface area contributed by atoms with Gasteiger partial charge in [0, 0.05) is 22.0 Å². The lowest BCUT2D eigenvalue weighted by Crippen LogP contribution is -2.17. The van der Waals surface area contributed by atoms with E-state index < -0.39 is 0 Å². The molecule has 0 unspecified atom stereocenters. The predicted octanol–water partition coefficient (Wildman–Crippen LogP) is 3.15. The molecule has 0 atom stereocenters. The molecule has 0 spiro atoms. The lowest BCUT2D eigenvalue weighted by Gasteiger charge is -2.13. The van der Waals surface area contributed by atoms with Gasteiger partial charge in [-0.25, -0.2) is 0 Å². The van der Waals surface area contributed by atoms with E-state index in [0.717, 1.165) is 16.7 Å². The Balaban J connectivity index is 1.92. The van der Waals surface area contributed by atoms with E-state index in [1.54, 1.807) is 6.20 Å². The van der Waals surface area contributed by atoms with Gasteiger partial charge in [0.1, 0.15) is 0 Å². The van der Waals surface area contributed by atoms with Crippen LogP contribution in [0.25, 0.3) is 0 Å². The van der Waals surface area contributed by atoms with Crippen LogP contribution in [0.2, 0.25) is 0 Å². The average Bonchev–Trinajstić information content (AvgIpc) is 2.96. The minimum atomic E-state index is 0.502. The van der Waals surface area contributed by atoms with Crippen molar-refractivity contribution in [2.75, 3.05) is 18.1 Å². The van der Waals surface area contributed by atoms with Gasteiger partial charge in [-0.05, 0) is 41.1 Å². The number of rotatable bonds is 4. The summed E-state index contributed by atoms with van der Waals surface area (Å²) >= 11 is 5.37. The number of nitrogens with one attached hydrogen (secondary N) is 1. The Bertz CT molecular complexity index is 326. The zero-order valence-electron chi connectivity index (χ0n) is 8.09. The molecule has 1 saturated carbocycles. The van der Waals surface area contributed by atoms with Crippen LogP contribution in [-0.2, 0) is 0 Å². The molecule has 1 aliphatic rings. The number of halogens is 1. The van der Waals surface area contributed by atoms with Crippen molar-refractivity contribution < 1.29 is 0 Å². The number of nitrogens with zero attached hydrogens (tertiary/aromatic N) is 1. The summed E-state index contributed by atoms with van der Waals surface area (Å²) in [6, 6.07) is 2.06. The molecule has 1 N–H and O–H groups in total. The summed E-state index contributed by atoms with van der Waals surface area (Å²) < 4.78 is 1.53. The Hall–Kier alpha value is -0.220. The third-order valence-electron chi connectivity index (χ3n) is 2.56. The number of hydrogen-bond acceptors (Lipinski definition) is 3. The summed E-state index contributed by atoms with van der Waals surface area (Å²) in [6.45, 7) is 1.05. The Morgan fingerprint density at radius 3 is 2.93 bits per heavy atom. The van der Waals surface area contributed by atoms with Gasteiger partial charge in [-0.2, -0.15) is 11.8 Å². The molecule has 2 rings (SSSR count). The molecule has 0 radical (unpaired) electrons. The minimum Gasteiger partial charge on any atom is -0.382 e. The highest BCUT2D eigenvalue weighted by Crippen LogP contribution is 2.47. The second-order valence-electron chi connectivity index (χ2n) is 3.63. The van der Waals surface area contributed by atoms with Crippen LogP contribution in [0.4, 0.5) is 5.69 Å². The zero-order valence-corrected chi connectivity index (χ0v) is 10.5. The number of anilines is 1. The van der Waals surface area contributed by atoms with Crippen molar-refractivity contribution in [1.29, 1.82) is 0 Å². The highest BCUT2D eigenvalue weighted by Gasteiger charge is 2.41. The van der Waals surface area contributed by atoms with E-state index >= 15 is 0 Å². The van der Waals surface area contributed by atoms with Crippen molar-refractivity contribution in [2.45, 2.75) is 17.6 Å². The van der Waals surface area contributed by atoms with Crippen LogP contribution in [0.1, 0.15) is 12.8 Å². The predicted molar refractivity (Wildman–Crippen MR) is 65.9 cm³/mol. The van der Waals surface area contributed by atoms with E-state index in [1.807, 2.05) is 18.0 Å². The van der Waals surface area contributed by atoms with Gasteiger partial charge in [-0.3, -0.25) is 4.98 Å². The van der Waals surface area contributed by atoms with Gasteiger partial charge in [-0.1, -0.05) is 0 Å². The van der Waals surface area contributed by atoms with Crippen molar-refractivity contribution in [3.8, 4) is 0 Å². The first kappa shape index (κ1) is 10.3. The Morgan fingerprint density at radius 1 is 1.57 bits per heavy atom. The average molecular weight is 273 g/mol. The zero-order chi connectivity index (χ0) is 10.0. The fourth-order valence-corrected chi connectivity index (χ4v) is 2.46. The first-order valence-electron chi connectivity index (χ1n) is 4.64. The molecule has 76 valence electrons. The van der Waals surface area contributed by atoms with Gasteiger partial charge < -0.3 is 5.32 Å². The van der Waals surface area contributed by atoms with Crippen LogP contribution < -0.4 is 5.32 Å². The topological polar surface area (TPSA) is 24.9 Å². The summed E-state index contributed by atoms with van der Waals surface area (Å²) in [4.78, 5) is 4.11. The number of pyridine rings is 1. The van der Waals surface area contributed by atoms with Crippen molar-refractivity contribution in [1.82, 2.24) is 4.98 Å². The Kier molecular flexibility index (Phi) is 3.02. The summed E-state index contributed by atoms with van der Waals surface area (Å²) in [7, 11) is 0. The first-order valence-corrected chi connectivity index (χ1v) is 6.65. The third kappa shape index (κ3) is 2.42. The number of thioether (sulfide) groups is 1. The second kappa shape index (κ2) is 4.11. The van der Waals surface area contributed by atoms with Crippen molar-refractivity contribution in [2.24, 2.45) is 0 Å². The lowest BCUT2D eigenvalue weighted by atomic mass is 10.3. The lowest BCUT2D eigenvalue weighted by molar-refractivity contribution is 0.947. The Morgan fingerprint density at radius 2 is 2.36 bits per heavy atom. The van der Waals surface area contributed by atoms with E-state index in [2.05, 4.69) is 38.6 Å². The van der Waals surface area contributed by atoms with Gasteiger partial charge >= 0.3 is 0 Å². The molecule has 1 aromatic heterocycles. The Labute approximate surface area is 97.0 Å². The smallest absolute Gasteiger partial charge is 0.0538 e. The van der Waals surface area contributed by atoms with Crippen LogP contribution in [0.5, 0.6) is 0 Å². The molecule has 1 aliphatic carbocycles. The molecule has 1 aromatic rings. The van der Waals surface area contributed by atoms with E-state index in [0.29, 0.717) is 4.75 Å². The van der Waals surface area contributed by atoms with E-state index in [-0.39, 0.29) is 0 Å². The normalized spacial score (nSPS) is 17.9. The van der Waals surface area contributed by atoms with Crippen LogP contribution in [0, 0.1) is 0 Å². The molecule has 1 heterocycles. The maximum absolute atomic E-state index is 4.11. The number of aromatic nitrogens is 1. The van der Waals surface area contributed by atoms with Crippen molar-refractivity contribution in [3.63, 3.8) is 0 Å². The number of hydrogen-bond donors (Lipinski definition) is 1. The first-order chi connectivity index (χ1) is 6.74.